The van der Waals surface area contributed by atoms with E-state index in [0.29, 0.717) is 10.6 Å². The van der Waals surface area contributed by atoms with Gasteiger partial charge in [0, 0.05) is 10.6 Å². The highest BCUT2D eigenvalue weighted by molar-refractivity contribution is 6.31. The normalized spacial score (nSPS) is 12.0. The number of ether oxygens (including phenoxy) is 1. The van der Waals surface area contributed by atoms with Crippen LogP contribution >= 0.6 is 11.6 Å². The summed E-state index contributed by atoms with van der Waals surface area (Å²) in [6, 6.07) is 16.5. The highest BCUT2D eigenvalue weighted by atomic mass is 35.5. The Morgan fingerprint density at radius 3 is 2.32 bits per heavy atom. The van der Waals surface area contributed by atoms with Crippen LogP contribution in [0.1, 0.15) is 31.9 Å². The van der Waals surface area contributed by atoms with Crippen LogP contribution in [0.5, 0.6) is 5.75 Å². The number of fused-ring (bicyclic) bond motifs is 1. The molecule has 0 unspecified atom stereocenters. The molecule has 0 saturated carbocycles. The highest BCUT2D eigenvalue weighted by Crippen LogP contribution is 2.35. The number of anilines is 1. The van der Waals surface area contributed by atoms with Crippen molar-refractivity contribution in [2.45, 2.75) is 32.4 Å². The second kappa shape index (κ2) is 9.94. The van der Waals surface area contributed by atoms with E-state index in [1.807, 2.05) is 12.1 Å². The molecular formula is C28H23ClF3NO4. The zero-order chi connectivity index (χ0) is 27.0. The zero-order valence-electron chi connectivity index (χ0n) is 20.2. The molecule has 0 atom stereocenters. The number of nitrogens with one attached hydrogen (secondary N) is 1. The molecular weight excluding hydrogens is 507 g/mol. The van der Waals surface area contributed by atoms with Crippen molar-refractivity contribution in [3.63, 3.8) is 0 Å². The fraction of sp³-hybridized carbons (Fsp3) is 0.214. The van der Waals surface area contributed by atoms with Crippen LogP contribution < -0.4 is 15.5 Å². The van der Waals surface area contributed by atoms with Crippen molar-refractivity contribution in [1.29, 1.82) is 0 Å². The zero-order valence-corrected chi connectivity index (χ0v) is 21.0. The predicted molar refractivity (Wildman–Crippen MR) is 137 cm³/mol. The second-order valence-electron chi connectivity index (χ2n) is 9.44. The van der Waals surface area contributed by atoms with Gasteiger partial charge in [-0.15, -0.1) is 0 Å². The molecule has 0 aliphatic carbocycles. The summed E-state index contributed by atoms with van der Waals surface area (Å²) in [5.41, 5.74) is -0.246. The van der Waals surface area contributed by atoms with Crippen molar-refractivity contribution in [2.75, 3.05) is 11.9 Å². The van der Waals surface area contributed by atoms with Gasteiger partial charge in [-0.25, -0.2) is 0 Å². The number of halogens is 4. The van der Waals surface area contributed by atoms with E-state index < -0.39 is 35.4 Å². The second-order valence-corrected chi connectivity index (χ2v) is 9.87. The van der Waals surface area contributed by atoms with E-state index in [0.717, 1.165) is 17.7 Å². The fourth-order valence-corrected chi connectivity index (χ4v) is 3.93. The first-order valence-electron chi connectivity index (χ1n) is 11.3. The van der Waals surface area contributed by atoms with Crippen molar-refractivity contribution in [1.82, 2.24) is 0 Å². The van der Waals surface area contributed by atoms with Crippen LogP contribution in [0.25, 0.3) is 22.3 Å². The van der Waals surface area contributed by atoms with Crippen molar-refractivity contribution in [2.24, 2.45) is 0 Å². The third kappa shape index (κ3) is 5.80. The molecule has 4 aromatic rings. The third-order valence-electron chi connectivity index (χ3n) is 5.68. The lowest BCUT2D eigenvalue weighted by molar-refractivity contribution is -0.137. The van der Waals surface area contributed by atoms with Gasteiger partial charge in [0.15, 0.2) is 12.4 Å². The molecule has 0 bridgehead atoms. The van der Waals surface area contributed by atoms with Crippen LogP contribution in [0.15, 0.2) is 75.9 Å². The first kappa shape index (κ1) is 26.3. The maximum absolute atomic E-state index is 13.3. The molecule has 0 aliphatic heterocycles. The molecule has 1 heterocycles. The summed E-state index contributed by atoms with van der Waals surface area (Å²) in [6.45, 7) is 5.46. The number of hydrogen-bond donors (Lipinski definition) is 1. The number of benzene rings is 3. The quantitative estimate of drug-likeness (QED) is 0.291. The van der Waals surface area contributed by atoms with Gasteiger partial charge in [-0.2, -0.15) is 13.2 Å². The van der Waals surface area contributed by atoms with E-state index in [2.05, 4.69) is 26.1 Å². The van der Waals surface area contributed by atoms with E-state index in [4.69, 9.17) is 20.8 Å². The van der Waals surface area contributed by atoms with Crippen LogP contribution in [0.3, 0.4) is 0 Å². The summed E-state index contributed by atoms with van der Waals surface area (Å²) in [7, 11) is 0. The van der Waals surface area contributed by atoms with E-state index in [1.165, 1.54) is 18.2 Å². The highest BCUT2D eigenvalue weighted by Gasteiger charge is 2.33. The van der Waals surface area contributed by atoms with Crippen molar-refractivity contribution < 1.29 is 27.1 Å². The lowest BCUT2D eigenvalue weighted by Gasteiger charge is -2.19. The summed E-state index contributed by atoms with van der Waals surface area (Å²) in [5.74, 6) is -1.04. The van der Waals surface area contributed by atoms with Gasteiger partial charge in [-0.05, 0) is 41.3 Å². The number of carbonyl (C=O) groups excluding carboxylic acids is 1. The molecule has 0 radical (unpaired) electrons. The summed E-state index contributed by atoms with van der Waals surface area (Å²) in [6.07, 6.45) is -4.66. The molecule has 0 spiro atoms. The minimum Gasteiger partial charge on any atom is -0.476 e. The maximum Gasteiger partial charge on any atom is 0.418 e. The number of para-hydroxylation sites is 1. The van der Waals surface area contributed by atoms with Gasteiger partial charge in [-0.1, -0.05) is 68.8 Å². The van der Waals surface area contributed by atoms with Gasteiger partial charge in [-0.3, -0.25) is 9.59 Å². The molecule has 1 amide bonds. The monoisotopic (exact) mass is 529 g/mol. The Balaban J connectivity index is 1.70. The molecule has 1 aromatic heterocycles. The molecule has 1 N–H and O–H groups in total. The van der Waals surface area contributed by atoms with Gasteiger partial charge >= 0.3 is 6.18 Å². The lowest BCUT2D eigenvalue weighted by Crippen LogP contribution is -2.24. The summed E-state index contributed by atoms with van der Waals surface area (Å²) in [4.78, 5) is 25.9. The molecule has 0 fully saturated rings. The number of rotatable bonds is 5. The van der Waals surface area contributed by atoms with Crippen LogP contribution in [0.4, 0.5) is 18.9 Å². The Bertz CT molecular complexity index is 1520. The average Bonchev–Trinajstić information content (AvgIpc) is 2.83. The van der Waals surface area contributed by atoms with E-state index in [1.54, 1.807) is 24.3 Å². The molecule has 5 nitrogen and oxygen atoms in total. The van der Waals surface area contributed by atoms with Crippen LogP contribution in [0, 0.1) is 0 Å². The Morgan fingerprint density at radius 2 is 1.68 bits per heavy atom. The Labute approximate surface area is 215 Å². The Morgan fingerprint density at radius 1 is 1.00 bits per heavy atom. The van der Waals surface area contributed by atoms with Crippen LogP contribution in [-0.2, 0) is 16.4 Å². The van der Waals surface area contributed by atoms with E-state index in [-0.39, 0.29) is 27.9 Å². The smallest absolute Gasteiger partial charge is 0.418 e. The minimum atomic E-state index is -4.66. The molecule has 0 saturated heterocycles. The van der Waals surface area contributed by atoms with Gasteiger partial charge in [0.1, 0.15) is 5.58 Å². The molecule has 0 aliphatic rings. The average molecular weight is 530 g/mol. The molecule has 3 aromatic carbocycles. The largest absolute Gasteiger partial charge is 0.476 e. The molecule has 4 rings (SSSR count). The Hall–Kier alpha value is -3.78. The predicted octanol–water partition coefficient (Wildman–Crippen LogP) is 7.45. The standard InChI is InChI=1S/C28H23ClF3NO4/c1-27(2,3)17-10-8-16(9-11-17)25-26(24(35)19-14-18(29)12-13-22(19)37-25)36-15-23(34)33-21-7-5-4-6-20(21)28(30,31)32/h4-14H,15H2,1-3H3,(H,33,34). The number of amides is 1. The van der Waals surface area contributed by atoms with Crippen molar-refractivity contribution in [3.8, 4) is 17.1 Å². The summed E-state index contributed by atoms with van der Waals surface area (Å²) in [5, 5.41) is 2.64. The first-order chi connectivity index (χ1) is 17.3. The molecule has 192 valence electrons. The molecule has 9 heteroatoms. The third-order valence-corrected chi connectivity index (χ3v) is 5.91. The van der Waals surface area contributed by atoms with Gasteiger partial charge in [0.05, 0.1) is 16.6 Å². The Kier molecular flexibility index (Phi) is 7.06. The minimum absolute atomic E-state index is 0.0868. The first-order valence-corrected chi connectivity index (χ1v) is 11.7. The van der Waals surface area contributed by atoms with Crippen LogP contribution in [-0.4, -0.2) is 12.5 Å². The van der Waals surface area contributed by atoms with Gasteiger partial charge in [0.2, 0.25) is 11.2 Å². The van der Waals surface area contributed by atoms with Gasteiger partial charge in [0.25, 0.3) is 5.91 Å². The summed E-state index contributed by atoms with van der Waals surface area (Å²) >= 11 is 6.05. The maximum atomic E-state index is 13.3. The number of carbonyl (C=O) groups is 1. The lowest BCUT2D eigenvalue weighted by atomic mass is 9.86. The topological polar surface area (TPSA) is 68.5 Å². The van der Waals surface area contributed by atoms with E-state index in [9.17, 15) is 22.8 Å². The SMILES string of the molecule is CC(C)(C)c1ccc(-c2oc3ccc(Cl)cc3c(=O)c2OCC(=O)Nc2ccccc2C(F)(F)F)cc1. The van der Waals surface area contributed by atoms with Crippen molar-refractivity contribution in [3.05, 3.63) is 93.1 Å². The molecule has 37 heavy (non-hydrogen) atoms. The van der Waals surface area contributed by atoms with E-state index >= 15 is 0 Å². The number of alkyl halides is 3. The number of hydrogen-bond acceptors (Lipinski definition) is 4. The van der Waals surface area contributed by atoms with Gasteiger partial charge < -0.3 is 14.5 Å². The van der Waals surface area contributed by atoms with Crippen molar-refractivity contribution >= 4 is 34.2 Å². The fourth-order valence-electron chi connectivity index (χ4n) is 3.76. The van der Waals surface area contributed by atoms with Crippen LogP contribution in [0.2, 0.25) is 5.02 Å². The summed E-state index contributed by atoms with van der Waals surface area (Å²) < 4.78 is 51.4.